The summed E-state index contributed by atoms with van der Waals surface area (Å²) in [6, 6.07) is 12.7. The third-order valence-corrected chi connectivity index (χ3v) is 7.33. The van der Waals surface area contributed by atoms with Gasteiger partial charge in [0, 0.05) is 22.7 Å². The Balaban J connectivity index is 1.61. The highest BCUT2D eigenvalue weighted by atomic mass is 35.5. The van der Waals surface area contributed by atoms with Crippen LogP contribution in [0.2, 0.25) is 5.02 Å². The van der Waals surface area contributed by atoms with Crippen LogP contribution in [0.5, 0.6) is 0 Å². The minimum atomic E-state index is -0.955. The number of hydrogen-bond donors (Lipinski definition) is 0. The lowest BCUT2D eigenvalue weighted by molar-refractivity contribution is -0.387. The van der Waals surface area contributed by atoms with Crippen molar-refractivity contribution in [2.24, 2.45) is 4.99 Å². The molecule has 1 aliphatic heterocycles. The van der Waals surface area contributed by atoms with E-state index < -0.39 is 34.0 Å². The van der Waals surface area contributed by atoms with Gasteiger partial charge < -0.3 is 9.15 Å². The predicted molar refractivity (Wildman–Crippen MR) is 147 cm³/mol. The van der Waals surface area contributed by atoms with E-state index in [4.69, 9.17) is 20.8 Å². The molecule has 1 aliphatic rings. The molecular formula is C28H21ClFN3O6S. The normalized spacial score (nSPS) is 15.2. The number of thiazole rings is 1. The molecule has 0 bridgehead atoms. The van der Waals surface area contributed by atoms with Gasteiger partial charge in [-0.3, -0.25) is 19.5 Å². The van der Waals surface area contributed by atoms with E-state index in [-0.39, 0.29) is 22.0 Å². The van der Waals surface area contributed by atoms with Gasteiger partial charge in [0.1, 0.15) is 11.5 Å². The molecule has 5 rings (SSSR count). The maximum absolute atomic E-state index is 13.8. The van der Waals surface area contributed by atoms with Crippen molar-refractivity contribution in [3.63, 3.8) is 0 Å². The Bertz CT molecular complexity index is 1870. The second kappa shape index (κ2) is 10.7. The van der Waals surface area contributed by atoms with E-state index in [1.54, 1.807) is 57.2 Å². The van der Waals surface area contributed by atoms with Crippen LogP contribution in [-0.4, -0.2) is 21.6 Å². The molecule has 12 heteroatoms. The van der Waals surface area contributed by atoms with Gasteiger partial charge in [-0.1, -0.05) is 35.1 Å². The van der Waals surface area contributed by atoms with Gasteiger partial charge in [0.15, 0.2) is 4.80 Å². The Hall–Kier alpha value is -4.35. The molecule has 4 aromatic rings. The quantitative estimate of drug-likeness (QED) is 0.177. The van der Waals surface area contributed by atoms with Crippen LogP contribution in [0.15, 0.2) is 80.1 Å². The minimum Gasteiger partial charge on any atom is -0.459 e. The highest BCUT2D eigenvalue weighted by molar-refractivity contribution is 7.07. The number of esters is 1. The zero-order valence-corrected chi connectivity index (χ0v) is 23.0. The van der Waals surface area contributed by atoms with Crippen molar-refractivity contribution in [2.75, 3.05) is 0 Å². The van der Waals surface area contributed by atoms with Crippen LogP contribution in [0.1, 0.15) is 38.1 Å². The van der Waals surface area contributed by atoms with E-state index in [1.165, 1.54) is 16.7 Å². The molecule has 0 saturated carbocycles. The van der Waals surface area contributed by atoms with Crippen LogP contribution >= 0.6 is 22.9 Å². The first-order valence-corrected chi connectivity index (χ1v) is 13.3. The number of fused-ring (bicyclic) bond motifs is 1. The zero-order valence-electron chi connectivity index (χ0n) is 21.4. The Morgan fingerprint density at radius 3 is 2.62 bits per heavy atom. The lowest BCUT2D eigenvalue weighted by atomic mass is 9.96. The molecule has 2 aromatic carbocycles. The molecule has 0 saturated heterocycles. The number of carbonyl (C=O) groups is 1. The summed E-state index contributed by atoms with van der Waals surface area (Å²) < 4.78 is 26.8. The van der Waals surface area contributed by atoms with Crippen molar-refractivity contribution >= 4 is 40.7 Å². The van der Waals surface area contributed by atoms with Crippen LogP contribution < -0.4 is 14.9 Å². The molecule has 0 N–H and O–H groups in total. The molecule has 0 spiro atoms. The van der Waals surface area contributed by atoms with Crippen LogP contribution in [-0.2, 0) is 9.53 Å². The lowest BCUT2D eigenvalue weighted by Gasteiger charge is -2.25. The summed E-state index contributed by atoms with van der Waals surface area (Å²) in [7, 11) is 0. The monoisotopic (exact) mass is 581 g/mol. The van der Waals surface area contributed by atoms with Gasteiger partial charge >= 0.3 is 11.7 Å². The fourth-order valence-corrected chi connectivity index (χ4v) is 5.49. The second-order valence-corrected chi connectivity index (χ2v) is 10.7. The predicted octanol–water partition coefficient (Wildman–Crippen LogP) is 5.15. The summed E-state index contributed by atoms with van der Waals surface area (Å²) in [5.74, 6) is -0.973. The second-order valence-electron chi connectivity index (χ2n) is 9.21. The van der Waals surface area contributed by atoms with Crippen molar-refractivity contribution in [1.82, 2.24) is 4.57 Å². The maximum atomic E-state index is 13.8. The summed E-state index contributed by atoms with van der Waals surface area (Å²) in [6.07, 6.45) is 1.15. The SMILES string of the molecule is CC1=C(C(=O)OC(C)C)[C@@H](c2ccc(Cl)cc2)n2c(s/c(=C\c3ccc(-c4ccc(F)c([N+](=O)[O-])c4)o3)c2=O)=N1. The molecule has 0 aliphatic carbocycles. The van der Waals surface area contributed by atoms with Gasteiger partial charge in [0.2, 0.25) is 5.82 Å². The molecule has 9 nitrogen and oxygen atoms in total. The summed E-state index contributed by atoms with van der Waals surface area (Å²) in [4.78, 5) is 42.1. The van der Waals surface area contributed by atoms with E-state index in [0.717, 1.165) is 23.5 Å². The van der Waals surface area contributed by atoms with Gasteiger partial charge in [-0.25, -0.2) is 9.79 Å². The van der Waals surface area contributed by atoms with E-state index in [9.17, 15) is 24.1 Å². The number of halogens is 2. The molecular weight excluding hydrogens is 561 g/mol. The number of furan rings is 1. The number of benzene rings is 2. The Kier molecular flexibility index (Phi) is 7.26. The van der Waals surface area contributed by atoms with Gasteiger partial charge in [0.05, 0.1) is 32.9 Å². The fourth-order valence-electron chi connectivity index (χ4n) is 4.34. The number of nitro benzene ring substituents is 1. The standard InChI is InChI=1S/C28H21ClFN3O6S/c1-14(2)38-27(35)24-15(3)31-28-32(25(24)16-4-7-18(29)8-5-16)26(34)23(40-28)13-19-9-11-22(39-19)17-6-10-20(30)21(12-17)33(36)37/h4-14,25H,1-3H3/b23-13-/t25-/m1/s1. The van der Waals surface area contributed by atoms with Crippen molar-refractivity contribution < 1.29 is 23.3 Å². The number of aromatic nitrogens is 1. The number of carbonyl (C=O) groups excluding carboxylic acids is 1. The largest absolute Gasteiger partial charge is 0.459 e. The highest BCUT2D eigenvalue weighted by Crippen LogP contribution is 2.32. The third-order valence-electron chi connectivity index (χ3n) is 6.10. The number of nitro groups is 1. The molecule has 204 valence electrons. The number of ether oxygens (including phenoxy) is 1. The van der Waals surface area contributed by atoms with E-state index in [0.29, 0.717) is 32.4 Å². The van der Waals surface area contributed by atoms with E-state index in [2.05, 4.69) is 4.99 Å². The van der Waals surface area contributed by atoms with Crippen LogP contribution in [0.4, 0.5) is 10.1 Å². The van der Waals surface area contributed by atoms with Gasteiger partial charge in [-0.2, -0.15) is 4.39 Å². The number of hydrogen-bond acceptors (Lipinski definition) is 8. The molecule has 0 unspecified atom stereocenters. The Morgan fingerprint density at radius 2 is 1.95 bits per heavy atom. The third kappa shape index (κ3) is 5.13. The molecule has 3 heterocycles. The average Bonchev–Trinajstić information content (AvgIpc) is 3.48. The van der Waals surface area contributed by atoms with Crippen LogP contribution in [0.25, 0.3) is 17.4 Å². The maximum Gasteiger partial charge on any atom is 0.338 e. The van der Waals surface area contributed by atoms with Crippen molar-refractivity contribution in [2.45, 2.75) is 32.9 Å². The first-order valence-electron chi connectivity index (χ1n) is 12.1. The van der Waals surface area contributed by atoms with Crippen LogP contribution in [0, 0.1) is 15.9 Å². The molecule has 0 radical (unpaired) electrons. The fraction of sp³-hybridized carbons (Fsp3) is 0.179. The molecule has 1 atom stereocenters. The summed E-state index contributed by atoms with van der Waals surface area (Å²) in [5, 5.41) is 11.6. The van der Waals surface area contributed by atoms with Gasteiger partial charge in [-0.05, 0) is 62.7 Å². The summed E-state index contributed by atoms with van der Waals surface area (Å²) >= 11 is 7.22. The van der Waals surface area contributed by atoms with Crippen molar-refractivity contribution in [3.05, 3.63) is 118 Å². The number of nitrogens with zero attached hydrogens (tertiary/aromatic N) is 3. The molecule has 2 aromatic heterocycles. The molecule has 40 heavy (non-hydrogen) atoms. The topological polar surface area (TPSA) is 117 Å². The smallest absolute Gasteiger partial charge is 0.338 e. The summed E-state index contributed by atoms with van der Waals surface area (Å²) in [5.41, 5.74) is 0.556. The van der Waals surface area contributed by atoms with Gasteiger partial charge in [0.25, 0.3) is 5.56 Å². The zero-order chi connectivity index (χ0) is 28.7. The molecule has 0 fully saturated rings. The minimum absolute atomic E-state index is 0.244. The number of rotatable bonds is 6. The van der Waals surface area contributed by atoms with Crippen molar-refractivity contribution in [1.29, 1.82) is 0 Å². The lowest BCUT2D eigenvalue weighted by Crippen LogP contribution is -2.40. The highest BCUT2D eigenvalue weighted by Gasteiger charge is 2.33. The van der Waals surface area contributed by atoms with Crippen LogP contribution in [0.3, 0.4) is 0 Å². The van der Waals surface area contributed by atoms with Gasteiger partial charge in [-0.15, -0.1) is 0 Å². The molecule has 0 amide bonds. The van der Waals surface area contributed by atoms with Crippen molar-refractivity contribution in [3.8, 4) is 11.3 Å². The first kappa shape index (κ1) is 27.2. The Labute approximate surface area is 235 Å². The van der Waals surface area contributed by atoms with E-state index in [1.807, 2.05) is 0 Å². The Morgan fingerprint density at radius 1 is 1.23 bits per heavy atom. The first-order chi connectivity index (χ1) is 19.0. The summed E-state index contributed by atoms with van der Waals surface area (Å²) in [6.45, 7) is 5.17. The van der Waals surface area contributed by atoms with E-state index >= 15 is 0 Å². The number of allylic oxidation sites excluding steroid dienone is 1. The average molecular weight is 582 g/mol.